The molecule has 94 valence electrons. The van der Waals surface area contributed by atoms with Crippen molar-refractivity contribution >= 4 is 22.4 Å². The summed E-state index contributed by atoms with van der Waals surface area (Å²) in [5.74, 6) is 0.0271. The minimum Gasteiger partial charge on any atom is -0.321 e. The Hall–Kier alpha value is -2.61. The first-order valence-electron chi connectivity index (χ1n) is 6.76. The van der Waals surface area contributed by atoms with Gasteiger partial charge in [0.2, 0.25) is 0 Å². The molecule has 2 aliphatic rings. The molecular weight excluding hydrogens is 246 g/mol. The Labute approximate surface area is 116 Å². The summed E-state index contributed by atoms with van der Waals surface area (Å²) in [4.78, 5) is 12.3. The average Bonchev–Trinajstić information content (AvgIpc) is 2.76. The van der Waals surface area contributed by atoms with E-state index in [4.69, 9.17) is 0 Å². The number of anilines is 1. The minimum atomic E-state index is 0.0271. The second kappa shape index (κ2) is 3.10. The van der Waals surface area contributed by atoms with Crippen LogP contribution in [0.25, 0.3) is 33.0 Å². The van der Waals surface area contributed by atoms with Gasteiger partial charge in [0.15, 0.2) is 0 Å². The fraction of sp³-hybridized carbons (Fsp3) is 0.0556. The summed E-state index contributed by atoms with van der Waals surface area (Å²) in [5.41, 5.74) is 7.84. The van der Waals surface area contributed by atoms with Crippen LogP contribution < -0.4 is 5.32 Å². The van der Waals surface area contributed by atoms with E-state index in [1.165, 1.54) is 22.3 Å². The number of amides is 1. The number of benzene rings is 3. The number of hydrogen-bond donors (Lipinski definition) is 1. The van der Waals surface area contributed by atoms with Crippen LogP contribution in [0.5, 0.6) is 0 Å². The Morgan fingerprint density at radius 2 is 1.80 bits per heavy atom. The highest BCUT2D eigenvalue weighted by Crippen LogP contribution is 2.53. The van der Waals surface area contributed by atoms with Gasteiger partial charge in [-0.3, -0.25) is 4.79 Å². The molecule has 0 aromatic heterocycles. The smallest absolute Gasteiger partial charge is 0.257 e. The topological polar surface area (TPSA) is 29.1 Å². The highest BCUT2D eigenvalue weighted by Gasteiger charge is 2.33. The molecule has 3 aromatic carbocycles. The molecule has 0 atom stereocenters. The zero-order chi connectivity index (χ0) is 13.4. The van der Waals surface area contributed by atoms with Crippen LogP contribution in [0.3, 0.4) is 0 Å². The summed E-state index contributed by atoms with van der Waals surface area (Å²) in [6, 6.07) is 14.7. The van der Waals surface area contributed by atoms with Gasteiger partial charge in [-0.15, -0.1) is 0 Å². The molecule has 5 rings (SSSR count). The third kappa shape index (κ3) is 1.00. The van der Waals surface area contributed by atoms with Gasteiger partial charge >= 0.3 is 0 Å². The summed E-state index contributed by atoms with van der Waals surface area (Å²) in [5, 5.41) is 5.19. The van der Waals surface area contributed by atoms with Crippen molar-refractivity contribution in [2.75, 3.05) is 5.32 Å². The maximum atomic E-state index is 12.3. The molecule has 0 saturated carbocycles. The van der Waals surface area contributed by atoms with Crippen molar-refractivity contribution in [3.63, 3.8) is 0 Å². The van der Waals surface area contributed by atoms with E-state index in [1.54, 1.807) is 0 Å². The van der Waals surface area contributed by atoms with E-state index >= 15 is 0 Å². The van der Waals surface area contributed by atoms with Crippen LogP contribution in [0.15, 0.2) is 42.5 Å². The van der Waals surface area contributed by atoms with E-state index in [2.05, 4.69) is 42.6 Å². The van der Waals surface area contributed by atoms with Gasteiger partial charge in [-0.05, 0) is 41.1 Å². The van der Waals surface area contributed by atoms with Crippen molar-refractivity contribution in [2.24, 2.45) is 0 Å². The first-order valence-corrected chi connectivity index (χ1v) is 6.76. The highest BCUT2D eigenvalue weighted by atomic mass is 16.1. The molecule has 0 fully saturated rings. The SMILES string of the molecule is Cc1ccc2c(c1)-c1cc3cccc4c3c(c1-2)C(=O)N4. The van der Waals surface area contributed by atoms with Gasteiger partial charge in [0.1, 0.15) is 0 Å². The van der Waals surface area contributed by atoms with Crippen LogP contribution in [0, 0.1) is 6.92 Å². The normalized spacial score (nSPS) is 13.8. The molecule has 3 aromatic rings. The summed E-state index contributed by atoms with van der Waals surface area (Å²) in [7, 11) is 0. The Morgan fingerprint density at radius 1 is 0.900 bits per heavy atom. The van der Waals surface area contributed by atoms with Crippen LogP contribution in [0.1, 0.15) is 15.9 Å². The average molecular weight is 257 g/mol. The molecule has 1 aliphatic carbocycles. The quantitative estimate of drug-likeness (QED) is 0.498. The lowest BCUT2D eigenvalue weighted by atomic mass is 9.76. The molecule has 2 nitrogen and oxygen atoms in total. The maximum absolute atomic E-state index is 12.3. The van der Waals surface area contributed by atoms with E-state index in [0.29, 0.717) is 0 Å². The summed E-state index contributed by atoms with van der Waals surface area (Å²) >= 11 is 0. The molecule has 1 heterocycles. The molecule has 0 unspecified atom stereocenters. The van der Waals surface area contributed by atoms with Crippen molar-refractivity contribution in [1.82, 2.24) is 0 Å². The second-order valence-corrected chi connectivity index (χ2v) is 5.58. The maximum Gasteiger partial charge on any atom is 0.257 e. The van der Waals surface area contributed by atoms with Gasteiger partial charge in [-0.2, -0.15) is 0 Å². The van der Waals surface area contributed by atoms with Crippen molar-refractivity contribution in [1.29, 1.82) is 0 Å². The Bertz CT molecular complexity index is 953. The van der Waals surface area contributed by atoms with Crippen LogP contribution in [0.2, 0.25) is 0 Å². The first kappa shape index (κ1) is 10.2. The predicted octanol–water partition coefficient (Wildman–Crippen LogP) is 4.36. The fourth-order valence-corrected chi connectivity index (χ4v) is 3.50. The van der Waals surface area contributed by atoms with E-state index in [1.807, 2.05) is 12.1 Å². The van der Waals surface area contributed by atoms with Gasteiger partial charge in [0.25, 0.3) is 5.91 Å². The number of carbonyl (C=O) groups is 1. The lowest BCUT2D eigenvalue weighted by Crippen LogP contribution is -2.10. The van der Waals surface area contributed by atoms with Crippen LogP contribution >= 0.6 is 0 Å². The van der Waals surface area contributed by atoms with E-state index in [0.717, 1.165) is 27.6 Å². The van der Waals surface area contributed by atoms with Crippen molar-refractivity contribution in [2.45, 2.75) is 6.92 Å². The molecule has 1 amide bonds. The zero-order valence-electron chi connectivity index (χ0n) is 10.9. The number of fused-ring (bicyclic) bond motifs is 5. The van der Waals surface area contributed by atoms with Gasteiger partial charge in [0, 0.05) is 16.6 Å². The molecule has 0 saturated heterocycles. The molecule has 0 spiro atoms. The van der Waals surface area contributed by atoms with Gasteiger partial charge < -0.3 is 5.32 Å². The molecular formula is C18H11NO. The standard InChI is InChI=1S/C18H11NO/c1-9-5-6-11-12(7-9)13-8-10-3-2-4-14-15(10)17(16(11)13)18(20)19-14/h2-8H,1H3,(H,19,20). The van der Waals surface area contributed by atoms with Gasteiger partial charge in [0.05, 0.1) is 5.56 Å². The second-order valence-electron chi connectivity index (χ2n) is 5.58. The first-order chi connectivity index (χ1) is 9.74. The van der Waals surface area contributed by atoms with Crippen molar-refractivity contribution in [3.8, 4) is 22.3 Å². The minimum absolute atomic E-state index is 0.0271. The van der Waals surface area contributed by atoms with Crippen molar-refractivity contribution in [3.05, 3.63) is 53.6 Å². The van der Waals surface area contributed by atoms with E-state index in [-0.39, 0.29) is 5.91 Å². The zero-order valence-corrected chi connectivity index (χ0v) is 10.9. The highest BCUT2D eigenvalue weighted by molar-refractivity contribution is 6.31. The third-order valence-corrected chi connectivity index (χ3v) is 4.38. The Morgan fingerprint density at radius 3 is 2.70 bits per heavy atom. The fourth-order valence-electron chi connectivity index (χ4n) is 3.50. The molecule has 20 heavy (non-hydrogen) atoms. The van der Waals surface area contributed by atoms with Gasteiger partial charge in [-0.25, -0.2) is 0 Å². The predicted molar refractivity (Wildman–Crippen MR) is 81.1 cm³/mol. The summed E-state index contributed by atoms with van der Waals surface area (Å²) < 4.78 is 0. The molecule has 1 aliphatic heterocycles. The van der Waals surface area contributed by atoms with Crippen LogP contribution in [-0.4, -0.2) is 5.91 Å². The number of hydrogen-bond acceptors (Lipinski definition) is 1. The monoisotopic (exact) mass is 257 g/mol. The van der Waals surface area contributed by atoms with E-state index in [9.17, 15) is 4.79 Å². The number of nitrogens with one attached hydrogen (secondary N) is 1. The Balaban J connectivity index is 1.96. The third-order valence-electron chi connectivity index (χ3n) is 4.38. The van der Waals surface area contributed by atoms with Crippen LogP contribution in [-0.2, 0) is 0 Å². The molecule has 0 radical (unpaired) electrons. The summed E-state index contributed by atoms with van der Waals surface area (Å²) in [6.07, 6.45) is 0. The van der Waals surface area contributed by atoms with E-state index < -0.39 is 0 Å². The summed E-state index contributed by atoms with van der Waals surface area (Å²) in [6.45, 7) is 2.10. The number of rotatable bonds is 0. The number of aryl methyl sites for hydroxylation is 1. The Kier molecular flexibility index (Phi) is 1.58. The molecule has 2 heteroatoms. The van der Waals surface area contributed by atoms with Gasteiger partial charge in [-0.1, -0.05) is 35.9 Å². The number of carbonyl (C=O) groups excluding carboxylic acids is 1. The van der Waals surface area contributed by atoms with Crippen molar-refractivity contribution < 1.29 is 4.79 Å². The molecule has 0 bridgehead atoms. The lowest BCUT2D eigenvalue weighted by molar-refractivity contribution is 0.103. The lowest BCUT2D eigenvalue weighted by Gasteiger charge is -2.26. The van der Waals surface area contributed by atoms with Crippen LogP contribution in [0.4, 0.5) is 5.69 Å². The molecule has 1 N–H and O–H groups in total. The largest absolute Gasteiger partial charge is 0.321 e.